The molecule has 0 aliphatic rings. The number of nitrogens with one attached hydrogen (secondary N) is 1. The van der Waals surface area contributed by atoms with E-state index < -0.39 is 34.8 Å². The van der Waals surface area contributed by atoms with E-state index in [2.05, 4.69) is 5.32 Å². The Morgan fingerprint density at radius 2 is 1.71 bits per heavy atom. The van der Waals surface area contributed by atoms with Crippen molar-refractivity contribution < 1.29 is 39.2 Å². The molecule has 0 heterocycles. The van der Waals surface area contributed by atoms with E-state index in [0.717, 1.165) is 36.2 Å². The van der Waals surface area contributed by atoms with Crippen LogP contribution in [0.2, 0.25) is 0 Å². The lowest BCUT2D eigenvalue weighted by atomic mass is 10.2. The van der Waals surface area contributed by atoms with E-state index in [4.69, 9.17) is 4.74 Å². The zero-order valence-electron chi connectivity index (χ0n) is 17.3. The number of hydrogen-bond donors (Lipinski definition) is 4. The van der Waals surface area contributed by atoms with Crippen LogP contribution in [0.5, 0.6) is 0 Å². The number of rotatable bonds is 14. The van der Waals surface area contributed by atoms with Crippen LogP contribution in [0, 0.1) is 0 Å². The van der Waals surface area contributed by atoms with Crippen molar-refractivity contribution in [3.05, 3.63) is 35.4 Å². The standard InChI is InChI=1S/C20H27NO8S2/c1-3-4-8-29-19(28)21-15(16(22)23)12-30-10-13-6-5-7-14(9-13)11-31-20(2,17(24)25)18(26)27/h5-7,9,15H,3-4,8,10-12H2,1-2H3,(H,21,28)(H,22,23)(H,24,25)(H,26,27). The van der Waals surface area contributed by atoms with Gasteiger partial charge in [0.25, 0.3) is 0 Å². The van der Waals surface area contributed by atoms with E-state index in [0.29, 0.717) is 12.2 Å². The minimum Gasteiger partial charge on any atom is -0.480 e. The molecule has 1 atom stereocenters. The fraction of sp³-hybridized carbons (Fsp3) is 0.500. The molecule has 0 spiro atoms. The van der Waals surface area contributed by atoms with Gasteiger partial charge in [-0.05, 0) is 24.5 Å². The van der Waals surface area contributed by atoms with Gasteiger partial charge in [-0.3, -0.25) is 9.59 Å². The number of amides is 1. The van der Waals surface area contributed by atoms with Crippen LogP contribution in [0.1, 0.15) is 37.8 Å². The Hall–Kier alpha value is -2.40. The second kappa shape index (κ2) is 13.1. The van der Waals surface area contributed by atoms with Gasteiger partial charge in [-0.15, -0.1) is 11.8 Å². The van der Waals surface area contributed by atoms with Crippen molar-refractivity contribution in [2.75, 3.05) is 12.4 Å². The molecule has 0 saturated heterocycles. The molecule has 1 aromatic rings. The highest BCUT2D eigenvalue weighted by atomic mass is 32.2. The second-order valence-electron chi connectivity index (χ2n) is 6.79. The summed E-state index contributed by atoms with van der Waals surface area (Å²) in [7, 11) is 0. The van der Waals surface area contributed by atoms with Gasteiger partial charge in [-0.2, -0.15) is 11.8 Å². The van der Waals surface area contributed by atoms with Gasteiger partial charge in [-0.1, -0.05) is 37.6 Å². The van der Waals surface area contributed by atoms with Crippen molar-refractivity contribution in [2.45, 2.75) is 49.0 Å². The molecule has 172 valence electrons. The molecular weight excluding hydrogens is 446 g/mol. The monoisotopic (exact) mass is 473 g/mol. The minimum absolute atomic E-state index is 0.132. The third-order valence-corrected chi connectivity index (χ3v) is 6.72. The van der Waals surface area contributed by atoms with Crippen molar-refractivity contribution >= 4 is 47.5 Å². The highest BCUT2D eigenvalue weighted by Crippen LogP contribution is 2.30. The smallest absolute Gasteiger partial charge is 0.407 e. The van der Waals surface area contributed by atoms with Crippen molar-refractivity contribution in [1.82, 2.24) is 5.32 Å². The summed E-state index contributed by atoms with van der Waals surface area (Å²) in [5.41, 5.74) is 1.62. The minimum atomic E-state index is -1.95. The predicted molar refractivity (Wildman–Crippen MR) is 118 cm³/mol. The second-order valence-corrected chi connectivity index (χ2v) is 9.22. The van der Waals surface area contributed by atoms with Gasteiger partial charge in [0.15, 0.2) is 0 Å². The number of benzene rings is 1. The summed E-state index contributed by atoms with van der Waals surface area (Å²) in [6.45, 7) is 3.33. The van der Waals surface area contributed by atoms with Gasteiger partial charge < -0.3 is 25.4 Å². The Morgan fingerprint density at radius 1 is 1.10 bits per heavy atom. The fourth-order valence-electron chi connectivity index (χ4n) is 2.21. The number of carbonyl (C=O) groups excluding carboxylic acids is 1. The Balaban J connectivity index is 2.60. The largest absolute Gasteiger partial charge is 0.480 e. The highest BCUT2D eigenvalue weighted by molar-refractivity contribution is 8.01. The third kappa shape index (κ3) is 9.09. The first-order valence-corrected chi connectivity index (χ1v) is 11.7. The lowest BCUT2D eigenvalue weighted by Gasteiger charge is -2.19. The number of thioether (sulfide) groups is 2. The number of ether oxygens (including phenoxy) is 1. The lowest BCUT2D eigenvalue weighted by Crippen LogP contribution is -2.43. The van der Waals surface area contributed by atoms with Crippen molar-refractivity contribution in [1.29, 1.82) is 0 Å². The number of aliphatic carboxylic acids is 3. The molecule has 0 aromatic heterocycles. The molecule has 1 amide bonds. The Bertz CT molecular complexity index is 772. The first-order valence-electron chi connectivity index (χ1n) is 9.52. The van der Waals surface area contributed by atoms with Crippen molar-refractivity contribution in [3.8, 4) is 0 Å². The van der Waals surface area contributed by atoms with Gasteiger partial charge in [0, 0.05) is 17.3 Å². The first kappa shape index (κ1) is 26.6. The maximum Gasteiger partial charge on any atom is 0.407 e. The van der Waals surface area contributed by atoms with Gasteiger partial charge in [0.1, 0.15) is 6.04 Å². The highest BCUT2D eigenvalue weighted by Gasteiger charge is 2.42. The summed E-state index contributed by atoms with van der Waals surface area (Å²) in [5, 5.41) is 30.0. The van der Waals surface area contributed by atoms with E-state index in [-0.39, 0.29) is 18.1 Å². The van der Waals surface area contributed by atoms with E-state index in [1.54, 1.807) is 12.1 Å². The van der Waals surface area contributed by atoms with Crippen LogP contribution in [0.3, 0.4) is 0 Å². The molecule has 0 aliphatic heterocycles. The maximum atomic E-state index is 11.7. The topological polar surface area (TPSA) is 150 Å². The molecular formula is C20H27NO8S2. The fourth-order valence-corrected chi connectivity index (χ4v) is 4.09. The number of carboxylic acids is 3. The summed E-state index contributed by atoms with van der Waals surface area (Å²) in [6.07, 6.45) is 0.794. The number of unbranched alkanes of at least 4 members (excludes halogenated alkanes) is 1. The molecule has 31 heavy (non-hydrogen) atoms. The van der Waals surface area contributed by atoms with Crippen LogP contribution in [0.25, 0.3) is 0 Å². The number of carbonyl (C=O) groups is 4. The molecule has 4 N–H and O–H groups in total. The first-order chi connectivity index (χ1) is 14.6. The molecule has 0 aliphatic carbocycles. The van der Waals surface area contributed by atoms with E-state index >= 15 is 0 Å². The summed E-state index contributed by atoms with van der Waals surface area (Å²) < 4.78 is 2.98. The van der Waals surface area contributed by atoms with Gasteiger partial charge in [0.2, 0.25) is 4.75 Å². The van der Waals surface area contributed by atoms with Crippen LogP contribution in [0.4, 0.5) is 4.79 Å². The molecule has 9 nitrogen and oxygen atoms in total. The molecule has 1 aromatic carbocycles. The van der Waals surface area contributed by atoms with Crippen LogP contribution >= 0.6 is 23.5 Å². The third-order valence-electron chi connectivity index (χ3n) is 4.21. The van der Waals surface area contributed by atoms with Gasteiger partial charge >= 0.3 is 24.0 Å². The molecule has 0 bridgehead atoms. The zero-order chi connectivity index (χ0) is 23.4. The Morgan fingerprint density at radius 3 is 2.26 bits per heavy atom. The predicted octanol–water partition coefficient (Wildman–Crippen LogP) is 3.06. The molecule has 0 saturated carbocycles. The normalized spacial score (nSPS) is 12.1. The van der Waals surface area contributed by atoms with E-state index in [1.807, 2.05) is 19.1 Å². The van der Waals surface area contributed by atoms with E-state index in [9.17, 15) is 34.5 Å². The number of hydrogen-bond acceptors (Lipinski definition) is 7. The molecule has 11 heteroatoms. The van der Waals surface area contributed by atoms with Gasteiger partial charge in [-0.25, -0.2) is 9.59 Å². The van der Waals surface area contributed by atoms with Crippen molar-refractivity contribution in [2.24, 2.45) is 0 Å². The number of carboxylic acid groups (broad SMARTS) is 3. The Kier molecular flexibility index (Phi) is 11.3. The summed E-state index contributed by atoms with van der Waals surface area (Å²) in [4.78, 5) is 45.6. The zero-order valence-corrected chi connectivity index (χ0v) is 19.0. The average molecular weight is 474 g/mol. The summed E-state index contributed by atoms with van der Waals surface area (Å²) in [5.74, 6) is -3.21. The summed E-state index contributed by atoms with van der Waals surface area (Å²) >= 11 is 2.11. The van der Waals surface area contributed by atoms with E-state index in [1.165, 1.54) is 11.8 Å². The maximum absolute atomic E-state index is 11.7. The summed E-state index contributed by atoms with van der Waals surface area (Å²) in [6, 6.07) is 6.08. The van der Waals surface area contributed by atoms with Crippen LogP contribution in [-0.2, 0) is 30.6 Å². The average Bonchev–Trinajstić information content (AvgIpc) is 2.71. The number of alkyl carbamates (subject to hydrolysis) is 1. The van der Waals surface area contributed by atoms with Crippen LogP contribution < -0.4 is 5.32 Å². The van der Waals surface area contributed by atoms with Crippen molar-refractivity contribution in [3.63, 3.8) is 0 Å². The quantitative estimate of drug-likeness (QED) is 0.234. The SMILES string of the molecule is CCCCOC(=O)NC(CSCc1cccc(CSC(C)(C(=O)O)C(=O)O)c1)C(=O)O. The van der Waals surface area contributed by atoms with Crippen LogP contribution in [-0.4, -0.2) is 62.5 Å². The molecule has 1 rings (SSSR count). The lowest BCUT2D eigenvalue weighted by molar-refractivity contribution is -0.151. The molecule has 0 radical (unpaired) electrons. The Labute approximate surface area is 188 Å². The molecule has 0 fully saturated rings. The van der Waals surface area contributed by atoms with Crippen LogP contribution in [0.15, 0.2) is 24.3 Å². The van der Waals surface area contributed by atoms with Gasteiger partial charge in [0.05, 0.1) is 6.61 Å². The molecule has 1 unspecified atom stereocenters.